The van der Waals surface area contributed by atoms with Gasteiger partial charge >= 0.3 is 5.97 Å². The summed E-state index contributed by atoms with van der Waals surface area (Å²) in [6, 6.07) is 12.2. The van der Waals surface area contributed by atoms with Crippen LogP contribution in [0.2, 0.25) is 0 Å². The first kappa shape index (κ1) is 19.2. The van der Waals surface area contributed by atoms with Gasteiger partial charge in [-0.2, -0.15) is 4.98 Å². The van der Waals surface area contributed by atoms with Crippen LogP contribution in [-0.2, 0) is 4.74 Å². The van der Waals surface area contributed by atoms with Crippen LogP contribution in [0.3, 0.4) is 0 Å². The highest BCUT2D eigenvalue weighted by Crippen LogP contribution is 2.23. The monoisotopic (exact) mass is 379 g/mol. The van der Waals surface area contributed by atoms with Gasteiger partial charge in [0.05, 0.1) is 25.0 Å². The van der Waals surface area contributed by atoms with Gasteiger partial charge < -0.3 is 20.5 Å². The van der Waals surface area contributed by atoms with Gasteiger partial charge in [-0.05, 0) is 43.3 Å². The minimum atomic E-state index is -0.392. The number of esters is 1. The number of hydrogen-bond acceptors (Lipinski definition) is 8. The average molecular weight is 379 g/mol. The van der Waals surface area contributed by atoms with Crippen LogP contribution in [0.25, 0.3) is 11.3 Å². The fourth-order valence-corrected chi connectivity index (χ4v) is 2.46. The molecule has 0 aliphatic heterocycles. The highest BCUT2D eigenvalue weighted by molar-refractivity contribution is 5.89. The van der Waals surface area contributed by atoms with Gasteiger partial charge in [-0.3, -0.25) is 4.98 Å². The Bertz CT molecular complexity index is 932. The molecular formula is C20H21N5O3. The fourth-order valence-electron chi connectivity index (χ4n) is 2.46. The molecule has 8 nitrogen and oxygen atoms in total. The van der Waals surface area contributed by atoms with Crippen molar-refractivity contribution in [3.63, 3.8) is 0 Å². The van der Waals surface area contributed by atoms with E-state index in [2.05, 4.69) is 25.6 Å². The quantitative estimate of drug-likeness (QED) is 0.538. The number of hydrogen-bond donors (Lipinski definition) is 3. The molecule has 0 spiro atoms. The molecule has 0 aliphatic carbocycles. The zero-order valence-electron chi connectivity index (χ0n) is 15.6. The molecule has 0 fully saturated rings. The Labute approximate surface area is 162 Å². The van der Waals surface area contributed by atoms with E-state index in [1.165, 1.54) is 7.11 Å². The summed E-state index contributed by atoms with van der Waals surface area (Å²) < 4.78 is 4.71. The number of aliphatic hydroxyl groups excluding tert-OH is 1. The maximum absolute atomic E-state index is 11.6. The zero-order chi connectivity index (χ0) is 19.9. The van der Waals surface area contributed by atoms with Crippen molar-refractivity contribution in [2.75, 3.05) is 24.4 Å². The maximum atomic E-state index is 11.6. The molecule has 8 heteroatoms. The first-order valence-corrected chi connectivity index (χ1v) is 8.71. The van der Waals surface area contributed by atoms with Crippen molar-refractivity contribution >= 4 is 23.4 Å². The third-order valence-electron chi connectivity index (χ3n) is 3.91. The van der Waals surface area contributed by atoms with Crippen LogP contribution in [0.1, 0.15) is 17.3 Å². The molecular weight excluding hydrogens is 358 g/mol. The molecule has 1 atom stereocenters. The largest absolute Gasteiger partial charge is 0.465 e. The Morgan fingerprint density at radius 2 is 2.00 bits per heavy atom. The average Bonchev–Trinajstić information content (AvgIpc) is 2.74. The number of benzene rings is 1. The van der Waals surface area contributed by atoms with E-state index in [0.717, 1.165) is 11.3 Å². The van der Waals surface area contributed by atoms with Gasteiger partial charge in [0, 0.05) is 35.8 Å². The van der Waals surface area contributed by atoms with Gasteiger partial charge in [0.2, 0.25) is 5.95 Å². The Hall–Kier alpha value is -3.52. The molecule has 0 unspecified atom stereocenters. The Balaban J connectivity index is 1.90. The summed E-state index contributed by atoms with van der Waals surface area (Å²) in [6.07, 6.45) is 3.41. The highest BCUT2D eigenvalue weighted by Gasteiger charge is 2.10. The number of aliphatic hydroxyl groups is 1. The number of ether oxygens (including phenoxy) is 1. The molecule has 1 aromatic carbocycles. The van der Waals surface area contributed by atoms with E-state index >= 15 is 0 Å². The number of pyridine rings is 1. The first-order valence-electron chi connectivity index (χ1n) is 8.71. The van der Waals surface area contributed by atoms with Crippen LogP contribution in [0, 0.1) is 0 Å². The molecule has 0 bridgehead atoms. The van der Waals surface area contributed by atoms with Crippen molar-refractivity contribution in [1.29, 1.82) is 0 Å². The summed E-state index contributed by atoms with van der Waals surface area (Å²) in [6.45, 7) is 1.79. The number of methoxy groups -OCH3 is 1. The highest BCUT2D eigenvalue weighted by atomic mass is 16.5. The van der Waals surface area contributed by atoms with E-state index in [1.807, 2.05) is 19.1 Å². The standard InChI is InChI=1S/C20H21N5O3/c1-13(12-26)22-20-24-17(15-4-3-9-21-11-15)10-18(25-20)23-16-7-5-14(6-8-16)19(27)28-2/h3-11,13,26H,12H2,1-2H3,(H2,22,23,24,25)/t13-/m1/s1. The minimum absolute atomic E-state index is 0.0434. The maximum Gasteiger partial charge on any atom is 0.337 e. The van der Waals surface area contributed by atoms with Crippen LogP contribution < -0.4 is 10.6 Å². The molecule has 2 heterocycles. The second-order valence-corrected chi connectivity index (χ2v) is 6.13. The van der Waals surface area contributed by atoms with Gasteiger partial charge in [0.1, 0.15) is 5.82 Å². The van der Waals surface area contributed by atoms with E-state index in [-0.39, 0.29) is 12.6 Å². The summed E-state index contributed by atoms with van der Waals surface area (Å²) in [5.41, 5.74) is 2.74. The SMILES string of the molecule is COC(=O)c1ccc(Nc2cc(-c3cccnc3)nc(N[C@H](C)CO)n2)cc1. The molecule has 0 aliphatic rings. The lowest BCUT2D eigenvalue weighted by Gasteiger charge is -2.14. The molecule has 3 N–H and O–H groups in total. The van der Waals surface area contributed by atoms with Crippen molar-refractivity contribution in [2.45, 2.75) is 13.0 Å². The van der Waals surface area contributed by atoms with Crippen molar-refractivity contribution in [3.05, 3.63) is 60.4 Å². The number of carbonyl (C=O) groups excluding carboxylic acids is 1. The normalized spacial score (nSPS) is 11.5. The molecule has 0 saturated carbocycles. The third kappa shape index (κ3) is 4.80. The molecule has 0 amide bonds. The van der Waals surface area contributed by atoms with Gasteiger partial charge in [-0.25, -0.2) is 9.78 Å². The topological polar surface area (TPSA) is 109 Å². The zero-order valence-corrected chi connectivity index (χ0v) is 15.6. The van der Waals surface area contributed by atoms with E-state index in [9.17, 15) is 9.90 Å². The first-order chi connectivity index (χ1) is 13.6. The Morgan fingerprint density at radius 1 is 1.21 bits per heavy atom. The Kier molecular flexibility index (Phi) is 6.13. The van der Waals surface area contributed by atoms with Gasteiger partial charge in [-0.1, -0.05) is 0 Å². The fraction of sp³-hybridized carbons (Fsp3) is 0.200. The lowest BCUT2D eigenvalue weighted by molar-refractivity contribution is 0.0601. The summed E-state index contributed by atoms with van der Waals surface area (Å²) >= 11 is 0. The lowest BCUT2D eigenvalue weighted by Crippen LogP contribution is -2.21. The van der Waals surface area contributed by atoms with E-state index < -0.39 is 5.97 Å². The number of aromatic nitrogens is 3. The minimum Gasteiger partial charge on any atom is -0.465 e. The molecule has 2 aromatic heterocycles. The number of rotatable bonds is 7. The predicted octanol–water partition coefficient (Wildman–Crippen LogP) is 2.86. The summed E-state index contributed by atoms with van der Waals surface area (Å²) in [7, 11) is 1.34. The second-order valence-electron chi connectivity index (χ2n) is 6.13. The number of nitrogens with one attached hydrogen (secondary N) is 2. The van der Waals surface area contributed by atoms with Crippen LogP contribution in [0.5, 0.6) is 0 Å². The van der Waals surface area contributed by atoms with Crippen LogP contribution in [0.15, 0.2) is 54.9 Å². The van der Waals surface area contributed by atoms with Crippen molar-refractivity contribution in [1.82, 2.24) is 15.0 Å². The van der Waals surface area contributed by atoms with E-state index in [4.69, 9.17) is 4.74 Å². The number of carbonyl (C=O) groups is 1. The third-order valence-corrected chi connectivity index (χ3v) is 3.91. The number of nitrogens with zero attached hydrogens (tertiary/aromatic N) is 3. The molecule has 3 rings (SSSR count). The smallest absolute Gasteiger partial charge is 0.337 e. The van der Waals surface area contributed by atoms with E-state index in [1.54, 1.807) is 42.7 Å². The summed E-state index contributed by atoms with van der Waals surface area (Å²) in [5.74, 6) is 0.556. The van der Waals surface area contributed by atoms with Gasteiger partial charge in [0.25, 0.3) is 0 Å². The van der Waals surface area contributed by atoms with Crippen molar-refractivity contribution in [3.8, 4) is 11.3 Å². The molecule has 3 aromatic rings. The van der Waals surface area contributed by atoms with Crippen LogP contribution in [0.4, 0.5) is 17.5 Å². The summed E-state index contributed by atoms with van der Waals surface area (Å²) in [4.78, 5) is 24.7. The molecule has 0 saturated heterocycles. The second kappa shape index (κ2) is 8.92. The van der Waals surface area contributed by atoms with Crippen molar-refractivity contribution < 1.29 is 14.6 Å². The number of anilines is 3. The van der Waals surface area contributed by atoms with Crippen LogP contribution >= 0.6 is 0 Å². The Morgan fingerprint density at radius 3 is 2.64 bits per heavy atom. The molecule has 144 valence electrons. The molecule has 0 radical (unpaired) electrons. The van der Waals surface area contributed by atoms with Crippen LogP contribution in [-0.4, -0.2) is 45.8 Å². The van der Waals surface area contributed by atoms with Gasteiger partial charge in [-0.15, -0.1) is 0 Å². The van der Waals surface area contributed by atoms with E-state index in [0.29, 0.717) is 23.0 Å². The predicted molar refractivity (Wildman–Crippen MR) is 106 cm³/mol. The lowest BCUT2D eigenvalue weighted by atomic mass is 10.2. The van der Waals surface area contributed by atoms with Gasteiger partial charge in [0.15, 0.2) is 0 Å². The van der Waals surface area contributed by atoms with Crippen molar-refractivity contribution in [2.24, 2.45) is 0 Å². The molecule has 28 heavy (non-hydrogen) atoms. The summed E-state index contributed by atoms with van der Waals surface area (Å²) in [5, 5.41) is 15.6.